The summed E-state index contributed by atoms with van der Waals surface area (Å²) in [4.78, 5) is 17.9. The third kappa shape index (κ3) is 4.32. The number of likely N-dealkylation sites (tertiary alicyclic amines) is 1. The quantitative estimate of drug-likeness (QED) is 0.846. The molecule has 3 nitrogen and oxygen atoms in total. The van der Waals surface area contributed by atoms with Crippen molar-refractivity contribution >= 4 is 17.2 Å². The fourth-order valence-electron chi connectivity index (χ4n) is 2.69. The number of nitrogens with zero attached hydrogens (tertiary/aromatic N) is 2. The van der Waals surface area contributed by atoms with Crippen LogP contribution in [-0.4, -0.2) is 48.9 Å². The molecule has 1 aliphatic heterocycles. The molecule has 1 amide bonds. The van der Waals surface area contributed by atoms with E-state index in [4.69, 9.17) is 0 Å². The largest absolute Gasteiger partial charge is 0.343 e. The van der Waals surface area contributed by atoms with Gasteiger partial charge in [0.2, 0.25) is 5.91 Å². The van der Waals surface area contributed by atoms with Crippen LogP contribution in [0.2, 0.25) is 0 Å². The topological polar surface area (TPSA) is 23.6 Å². The lowest BCUT2D eigenvalue weighted by Gasteiger charge is -2.23. The molecule has 0 N–H and O–H groups in total. The van der Waals surface area contributed by atoms with Gasteiger partial charge in [-0.25, -0.2) is 0 Å². The Bertz CT molecular complexity index is 389. The highest BCUT2D eigenvalue weighted by atomic mass is 32.1. The van der Waals surface area contributed by atoms with Gasteiger partial charge in [-0.3, -0.25) is 4.79 Å². The molecule has 4 heteroatoms. The SMILES string of the molecule is CN(C)[C@H]1CCCN(C(=O)CCc2cccs2)CC1. The highest BCUT2D eigenvalue weighted by Gasteiger charge is 2.21. The van der Waals surface area contributed by atoms with E-state index in [0.717, 1.165) is 32.4 Å². The van der Waals surface area contributed by atoms with Crippen molar-refractivity contribution in [2.24, 2.45) is 0 Å². The Morgan fingerprint density at radius 3 is 2.95 bits per heavy atom. The molecule has 1 saturated heterocycles. The number of hydrogen-bond donors (Lipinski definition) is 0. The van der Waals surface area contributed by atoms with Gasteiger partial charge >= 0.3 is 0 Å². The monoisotopic (exact) mass is 280 g/mol. The van der Waals surface area contributed by atoms with E-state index in [9.17, 15) is 4.79 Å². The van der Waals surface area contributed by atoms with Gasteiger partial charge in [-0.15, -0.1) is 11.3 Å². The molecule has 0 aliphatic carbocycles. The van der Waals surface area contributed by atoms with Crippen molar-refractivity contribution in [2.75, 3.05) is 27.2 Å². The summed E-state index contributed by atoms with van der Waals surface area (Å²) in [5.74, 6) is 0.327. The van der Waals surface area contributed by atoms with Gasteiger partial charge in [-0.05, 0) is 51.2 Å². The zero-order valence-corrected chi connectivity index (χ0v) is 12.8. The molecule has 0 unspecified atom stereocenters. The van der Waals surface area contributed by atoms with Crippen LogP contribution in [0, 0.1) is 0 Å². The maximum Gasteiger partial charge on any atom is 0.222 e. The molecule has 0 bridgehead atoms. The second-order valence-electron chi connectivity index (χ2n) is 5.51. The maximum atomic E-state index is 12.2. The minimum atomic E-state index is 0.327. The Hall–Kier alpha value is -0.870. The predicted octanol–water partition coefficient (Wildman–Crippen LogP) is 2.62. The lowest BCUT2D eigenvalue weighted by molar-refractivity contribution is -0.131. The first-order valence-electron chi connectivity index (χ1n) is 7.13. The fraction of sp³-hybridized carbons (Fsp3) is 0.667. The van der Waals surface area contributed by atoms with E-state index in [2.05, 4.69) is 41.4 Å². The van der Waals surface area contributed by atoms with Gasteiger partial charge in [-0.1, -0.05) is 6.07 Å². The van der Waals surface area contributed by atoms with Gasteiger partial charge in [0, 0.05) is 30.4 Å². The van der Waals surface area contributed by atoms with Gasteiger partial charge in [0.05, 0.1) is 0 Å². The van der Waals surface area contributed by atoms with Crippen LogP contribution in [0.25, 0.3) is 0 Å². The van der Waals surface area contributed by atoms with Gasteiger partial charge in [0.1, 0.15) is 0 Å². The molecule has 19 heavy (non-hydrogen) atoms. The molecule has 1 fully saturated rings. The second-order valence-corrected chi connectivity index (χ2v) is 6.54. The van der Waals surface area contributed by atoms with Crippen LogP contribution >= 0.6 is 11.3 Å². The summed E-state index contributed by atoms with van der Waals surface area (Å²) in [6, 6.07) is 4.80. The first-order chi connectivity index (χ1) is 9.16. The van der Waals surface area contributed by atoms with Gasteiger partial charge in [-0.2, -0.15) is 0 Å². The van der Waals surface area contributed by atoms with E-state index in [1.807, 2.05) is 0 Å². The average Bonchev–Trinajstić information content (AvgIpc) is 2.77. The lowest BCUT2D eigenvalue weighted by atomic mass is 10.1. The molecule has 0 saturated carbocycles. The van der Waals surface area contributed by atoms with E-state index in [1.54, 1.807) is 11.3 Å². The number of amides is 1. The molecule has 2 rings (SSSR count). The van der Waals surface area contributed by atoms with E-state index in [-0.39, 0.29) is 0 Å². The number of carbonyl (C=O) groups excluding carboxylic acids is 1. The van der Waals surface area contributed by atoms with Crippen molar-refractivity contribution in [2.45, 2.75) is 38.1 Å². The number of hydrogen-bond acceptors (Lipinski definition) is 3. The number of rotatable bonds is 4. The fourth-order valence-corrected chi connectivity index (χ4v) is 3.40. The number of aryl methyl sites for hydroxylation is 1. The predicted molar refractivity (Wildman–Crippen MR) is 80.5 cm³/mol. The summed E-state index contributed by atoms with van der Waals surface area (Å²) in [5, 5.41) is 2.08. The lowest BCUT2D eigenvalue weighted by Crippen LogP contribution is -2.33. The summed E-state index contributed by atoms with van der Waals surface area (Å²) in [5.41, 5.74) is 0. The molecular formula is C15H24N2OS. The normalized spacial score (nSPS) is 20.6. The zero-order valence-electron chi connectivity index (χ0n) is 12.0. The summed E-state index contributed by atoms with van der Waals surface area (Å²) in [7, 11) is 4.28. The Balaban J connectivity index is 1.79. The molecule has 1 aromatic heterocycles. The molecule has 106 valence electrons. The third-order valence-electron chi connectivity index (χ3n) is 3.95. The minimum absolute atomic E-state index is 0.327. The van der Waals surface area contributed by atoms with Crippen LogP contribution in [-0.2, 0) is 11.2 Å². The molecule has 0 radical (unpaired) electrons. The van der Waals surface area contributed by atoms with Crippen LogP contribution in [0.5, 0.6) is 0 Å². The molecule has 2 heterocycles. The molecule has 0 spiro atoms. The van der Waals surface area contributed by atoms with E-state index in [1.165, 1.54) is 11.3 Å². The van der Waals surface area contributed by atoms with Crippen LogP contribution < -0.4 is 0 Å². The minimum Gasteiger partial charge on any atom is -0.343 e. The van der Waals surface area contributed by atoms with E-state index in [0.29, 0.717) is 18.4 Å². The van der Waals surface area contributed by atoms with Crippen molar-refractivity contribution in [3.63, 3.8) is 0 Å². The zero-order chi connectivity index (χ0) is 13.7. The van der Waals surface area contributed by atoms with Gasteiger partial charge in [0.25, 0.3) is 0 Å². The standard InChI is InChI=1S/C15H24N2OS/c1-16(2)13-5-3-10-17(11-9-13)15(18)8-7-14-6-4-12-19-14/h4,6,12-13H,3,5,7-11H2,1-2H3/t13-/m0/s1. The molecule has 1 atom stereocenters. The second kappa shape index (κ2) is 7.06. The highest BCUT2D eigenvalue weighted by Crippen LogP contribution is 2.17. The van der Waals surface area contributed by atoms with Crippen molar-refractivity contribution in [1.82, 2.24) is 9.80 Å². The summed E-state index contributed by atoms with van der Waals surface area (Å²) < 4.78 is 0. The van der Waals surface area contributed by atoms with Crippen LogP contribution in [0.15, 0.2) is 17.5 Å². The van der Waals surface area contributed by atoms with Gasteiger partial charge in [0.15, 0.2) is 0 Å². The first-order valence-corrected chi connectivity index (χ1v) is 8.01. The smallest absolute Gasteiger partial charge is 0.222 e. The number of carbonyl (C=O) groups is 1. The molecule has 1 aromatic rings. The van der Waals surface area contributed by atoms with Gasteiger partial charge < -0.3 is 9.80 Å². The maximum absolute atomic E-state index is 12.2. The van der Waals surface area contributed by atoms with E-state index >= 15 is 0 Å². The Morgan fingerprint density at radius 1 is 1.42 bits per heavy atom. The summed E-state index contributed by atoms with van der Waals surface area (Å²) >= 11 is 1.74. The molecule has 0 aromatic carbocycles. The van der Waals surface area contributed by atoms with Crippen LogP contribution in [0.1, 0.15) is 30.6 Å². The number of thiophene rings is 1. The first kappa shape index (κ1) is 14.5. The van der Waals surface area contributed by atoms with Crippen LogP contribution in [0.4, 0.5) is 0 Å². The van der Waals surface area contributed by atoms with Crippen molar-refractivity contribution < 1.29 is 4.79 Å². The van der Waals surface area contributed by atoms with Crippen molar-refractivity contribution in [3.8, 4) is 0 Å². The molecular weight excluding hydrogens is 256 g/mol. The Kier molecular flexibility index (Phi) is 5.40. The highest BCUT2D eigenvalue weighted by molar-refractivity contribution is 7.09. The van der Waals surface area contributed by atoms with E-state index < -0.39 is 0 Å². The summed E-state index contributed by atoms with van der Waals surface area (Å²) in [6.07, 6.45) is 5.00. The average molecular weight is 280 g/mol. The Morgan fingerprint density at radius 2 is 2.26 bits per heavy atom. The third-order valence-corrected chi connectivity index (χ3v) is 4.88. The van der Waals surface area contributed by atoms with Crippen molar-refractivity contribution in [1.29, 1.82) is 0 Å². The molecule has 1 aliphatic rings. The summed E-state index contributed by atoms with van der Waals surface area (Å²) in [6.45, 7) is 1.86. The Labute approximate surface area is 120 Å². The van der Waals surface area contributed by atoms with Crippen molar-refractivity contribution in [3.05, 3.63) is 22.4 Å². The van der Waals surface area contributed by atoms with Crippen LogP contribution in [0.3, 0.4) is 0 Å².